The second-order valence-electron chi connectivity index (χ2n) is 3.91. The van der Waals surface area contributed by atoms with E-state index >= 15 is 0 Å². The number of halogens is 1. The highest BCUT2D eigenvalue weighted by Gasteiger charge is 2.13. The molecule has 1 heteroatoms. The van der Waals surface area contributed by atoms with Crippen molar-refractivity contribution in [2.75, 3.05) is 5.88 Å². The van der Waals surface area contributed by atoms with Crippen molar-refractivity contribution in [2.45, 2.75) is 40.5 Å². The maximum Gasteiger partial charge on any atom is 0.0249 e. The van der Waals surface area contributed by atoms with Crippen LogP contribution in [0.2, 0.25) is 0 Å². The van der Waals surface area contributed by atoms with Crippen LogP contribution in [0, 0.1) is 17.8 Å². The highest BCUT2D eigenvalue weighted by Crippen LogP contribution is 2.23. The van der Waals surface area contributed by atoms with Crippen LogP contribution in [0.4, 0.5) is 0 Å². The summed E-state index contributed by atoms with van der Waals surface area (Å²) >= 11 is 5.76. The fourth-order valence-electron chi connectivity index (χ4n) is 1.49. The van der Waals surface area contributed by atoms with Crippen LogP contribution in [-0.2, 0) is 0 Å². The molecule has 0 heterocycles. The molecule has 0 fully saturated rings. The van der Waals surface area contributed by atoms with Gasteiger partial charge in [-0.05, 0) is 24.2 Å². The second-order valence-corrected chi connectivity index (χ2v) is 4.22. The van der Waals surface area contributed by atoms with Crippen molar-refractivity contribution in [1.29, 1.82) is 0 Å². The van der Waals surface area contributed by atoms with E-state index in [0.29, 0.717) is 5.92 Å². The lowest BCUT2D eigenvalue weighted by Gasteiger charge is -2.21. The zero-order valence-corrected chi connectivity index (χ0v) is 8.99. The molecule has 0 aromatic heterocycles. The zero-order valence-electron chi connectivity index (χ0n) is 8.23. The monoisotopic (exact) mass is 176 g/mol. The fraction of sp³-hybridized carbons (Fsp3) is 1.00. The number of hydrogen-bond donors (Lipinski definition) is 0. The SMILES string of the molecule is CCC(C[C@@H](C)CCl)C(C)C. The molecule has 68 valence electrons. The van der Waals surface area contributed by atoms with Crippen LogP contribution < -0.4 is 0 Å². The molecule has 11 heavy (non-hydrogen) atoms. The van der Waals surface area contributed by atoms with E-state index in [1.165, 1.54) is 12.8 Å². The fourth-order valence-corrected chi connectivity index (χ4v) is 1.62. The van der Waals surface area contributed by atoms with E-state index in [-0.39, 0.29) is 0 Å². The summed E-state index contributed by atoms with van der Waals surface area (Å²) in [5.74, 6) is 3.17. The zero-order chi connectivity index (χ0) is 8.85. The first kappa shape index (κ1) is 11.3. The first-order valence-electron chi connectivity index (χ1n) is 4.67. The first-order valence-corrected chi connectivity index (χ1v) is 5.21. The van der Waals surface area contributed by atoms with Gasteiger partial charge in [-0.25, -0.2) is 0 Å². The Balaban J connectivity index is 3.68. The van der Waals surface area contributed by atoms with Crippen LogP contribution in [0.5, 0.6) is 0 Å². The summed E-state index contributed by atoms with van der Waals surface area (Å²) < 4.78 is 0. The van der Waals surface area contributed by atoms with Gasteiger partial charge < -0.3 is 0 Å². The third-order valence-corrected chi connectivity index (χ3v) is 2.96. The van der Waals surface area contributed by atoms with Crippen molar-refractivity contribution in [3.63, 3.8) is 0 Å². The number of hydrogen-bond acceptors (Lipinski definition) is 0. The molecule has 0 amide bonds. The molecular weight excluding hydrogens is 156 g/mol. The van der Waals surface area contributed by atoms with E-state index < -0.39 is 0 Å². The normalized spacial score (nSPS) is 16.9. The van der Waals surface area contributed by atoms with Gasteiger partial charge in [0, 0.05) is 5.88 Å². The third-order valence-electron chi connectivity index (χ3n) is 2.44. The van der Waals surface area contributed by atoms with Crippen molar-refractivity contribution in [1.82, 2.24) is 0 Å². The van der Waals surface area contributed by atoms with Gasteiger partial charge in [-0.15, -0.1) is 11.6 Å². The predicted molar refractivity (Wildman–Crippen MR) is 53.1 cm³/mol. The molecule has 1 unspecified atom stereocenters. The molecule has 0 saturated heterocycles. The van der Waals surface area contributed by atoms with Crippen molar-refractivity contribution < 1.29 is 0 Å². The summed E-state index contributed by atoms with van der Waals surface area (Å²) in [5, 5.41) is 0. The quantitative estimate of drug-likeness (QED) is 0.557. The Morgan fingerprint density at radius 1 is 1.18 bits per heavy atom. The molecule has 0 aliphatic heterocycles. The summed E-state index contributed by atoms with van der Waals surface area (Å²) in [6.07, 6.45) is 2.58. The lowest BCUT2D eigenvalue weighted by Crippen LogP contribution is -2.12. The van der Waals surface area contributed by atoms with E-state index in [1.807, 2.05) is 0 Å². The molecule has 0 bridgehead atoms. The molecule has 0 nitrogen and oxygen atoms in total. The van der Waals surface area contributed by atoms with Gasteiger partial charge in [0.05, 0.1) is 0 Å². The molecule has 0 spiro atoms. The minimum atomic E-state index is 0.684. The standard InChI is InChI=1S/C10H21Cl/c1-5-10(8(2)3)6-9(4)7-11/h8-10H,5-7H2,1-4H3/t9-,10?/m1/s1. The highest BCUT2D eigenvalue weighted by atomic mass is 35.5. The maximum atomic E-state index is 5.76. The molecule has 0 aliphatic rings. The average molecular weight is 177 g/mol. The maximum absolute atomic E-state index is 5.76. The molecular formula is C10H21Cl. The van der Waals surface area contributed by atoms with Gasteiger partial charge in [-0.3, -0.25) is 0 Å². The minimum absolute atomic E-state index is 0.684. The second kappa shape index (κ2) is 5.88. The summed E-state index contributed by atoms with van der Waals surface area (Å²) in [5.41, 5.74) is 0. The van der Waals surface area contributed by atoms with Crippen LogP contribution in [0.15, 0.2) is 0 Å². The Labute approximate surface area is 76.3 Å². The Morgan fingerprint density at radius 2 is 1.73 bits per heavy atom. The summed E-state index contributed by atoms with van der Waals surface area (Å²) in [6, 6.07) is 0. The number of alkyl halides is 1. The molecule has 0 aromatic rings. The summed E-state index contributed by atoms with van der Waals surface area (Å²) in [6.45, 7) is 9.11. The molecule has 0 aromatic carbocycles. The van der Waals surface area contributed by atoms with Crippen LogP contribution in [-0.4, -0.2) is 5.88 Å². The lowest BCUT2D eigenvalue weighted by atomic mass is 9.86. The highest BCUT2D eigenvalue weighted by molar-refractivity contribution is 6.18. The Hall–Kier alpha value is 0.290. The Bertz CT molecular complexity index is 88.9. The predicted octanol–water partition coefficient (Wildman–Crippen LogP) is 3.93. The number of rotatable bonds is 5. The minimum Gasteiger partial charge on any atom is -0.126 e. The van der Waals surface area contributed by atoms with Gasteiger partial charge in [-0.1, -0.05) is 34.1 Å². The van der Waals surface area contributed by atoms with Gasteiger partial charge in [0.25, 0.3) is 0 Å². The van der Waals surface area contributed by atoms with E-state index in [4.69, 9.17) is 11.6 Å². The van der Waals surface area contributed by atoms with Gasteiger partial charge in [-0.2, -0.15) is 0 Å². The van der Waals surface area contributed by atoms with E-state index in [1.54, 1.807) is 0 Å². The smallest absolute Gasteiger partial charge is 0.0249 e. The average Bonchev–Trinajstić information content (AvgIpc) is 1.99. The van der Waals surface area contributed by atoms with Crippen LogP contribution in [0.1, 0.15) is 40.5 Å². The van der Waals surface area contributed by atoms with E-state index in [0.717, 1.165) is 17.7 Å². The first-order chi connectivity index (χ1) is 5.11. The molecule has 0 radical (unpaired) electrons. The van der Waals surface area contributed by atoms with Gasteiger partial charge >= 0.3 is 0 Å². The van der Waals surface area contributed by atoms with Gasteiger partial charge in [0.2, 0.25) is 0 Å². The van der Waals surface area contributed by atoms with Crippen LogP contribution in [0.25, 0.3) is 0 Å². The lowest BCUT2D eigenvalue weighted by molar-refractivity contribution is 0.310. The van der Waals surface area contributed by atoms with Crippen molar-refractivity contribution in [3.8, 4) is 0 Å². The van der Waals surface area contributed by atoms with Crippen LogP contribution >= 0.6 is 11.6 Å². The van der Waals surface area contributed by atoms with Crippen LogP contribution in [0.3, 0.4) is 0 Å². The topological polar surface area (TPSA) is 0 Å². The molecule has 2 atom stereocenters. The van der Waals surface area contributed by atoms with Gasteiger partial charge in [0.15, 0.2) is 0 Å². The third kappa shape index (κ3) is 4.68. The molecule has 0 rings (SSSR count). The van der Waals surface area contributed by atoms with Gasteiger partial charge in [0.1, 0.15) is 0 Å². The molecule has 0 aliphatic carbocycles. The van der Waals surface area contributed by atoms with E-state index in [9.17, 15) is 0 Å². The molecule has 0 saturated carbocycles. The Morgan fingerprint density at radius 3 is 2.00 bits per heavy atom. The largest absolute Gasteiger partial charge is 0.126 e. The Kier molecular flexibility index (Phi) is 6.03. The van der Waals surface area contributed by atoms with Crippen molar-refractivity contribution in [2.24, 2.45) is 17.8 Å². The molecule has 0 N–H and O–H groups in total. The van der Waals surface area contributed by atoms with Crippen molar-refractivity contribution in [3.05, 3.63) is 0 Å². The van der Waals surface area contributed by atoms with E-state index in [2.05, 4.69) is 27.7 Å². The summed E-state index contributed by atoms with van der Waals surface area (Å²) in [7, 11) is 0. The summed E-state index contributed by atoms with van der Waals surface area (Å²) in [4.78, 5) is 0. The van der Waals surface area contributed by atoms with Crippen molar-refractivity contribution >= 4 is 11.6 Å².